The van der Waals surface area contributed by atoms with Gasteiger partial charge < -0.3 is 9.16 Å². The summed E-state index contributed by atoms with van der Waals surface area (Å²) in [5.74, 6) is -0.0777. The standard InChI is InChI=1S/C17H34O3Si/c1-10-14(19-16(18)12-3)13(4)15(11-2)20-21(8,9)17(5,6)7/h10,13-15H,1,11-12H2,2-9H3/t13-,14-,15-/m0/s1. The molecule has 0 heterocycles. The molecule has 0 radical (unpaired) electrons. The second-order valence-corrected chi connectivity index (χ2v) is 12.0. The van der Waals surface area contributed by atoms with Crippen LogP contribution in [0.3, 0.4) is 0 Å². The fourth-order valence-electron chi connectivity index (χ4n) is 1.93. The van der Waals surface area contributed by atoms with Crippen molar-refractivity contribution in [3.05, 3.63) is 12.7 Å². The van der Waals surface area contributed by atoms with Crippen LogP contribution in [0.25, 0.3) is 0 Å². The van der Waals surface area contributed by atoms with E-state index in [0.717, 1.165) is 6.42 Å². The largest absolute Gasteiger partial charge is 0.458 e. The first-order chi connectivity index (χ1) is 9.50. The van der Waals surface area contributed by atoms with Gasteiger partial charge >= 0.3 is 5.97 Å². The number of hydrogen-bond donors (Lipinski definition) is 0. The van der Waals surface area contributed by atoms with Gasteiger partial charge in [0.05, 0.1) is 6.10 Å². The first kappa shape index (κ1) is 20.4. The van der Waals surface area contributed by atoms with E-state index >= 15 is 0 Å². The summed E-state index contributed by atoms with van der Waals surface area (Å²) < 4.78 is 12.0. The number of carbonyl (C=O) groups excluding carboxylic acids is 1. The Bertz CT molecular complexity index is 344. The predicted molar refractivity (Wildman–Crippen MR) is 91.9 cm³/mol. The van der Waals surface area contributed by atoms with Crippen LogP contribution in [0.2, 0.25) is 18.1 Å². The maximum Gasteiger partial charge on any atom is 0.306 e. The van der Waals surface area contributed by atoms with Crippen LogP contribution < -0.4 is 0 Å². The summed E-state index contributed by atoms with van der Waals surface area (Å²) in [5, 5.41) is 0.171. The molecule has 3 atom stereocenters. The van der Waals surface area contributed by atoms with Gasteiger partial charge in [-0.15, -0.1) is 0 Å². The smallest absolute Gasteiger partial charge is 0.306 e. The molecule has 0 saturated heterocycles. The van der Waals surface area contributed by atoms with Gasteiger partial charge in [0, 0.05) is 12.3 Å². The van der Waals surface area contributed by atoms with Crippen LogP contribution >= 0.6 is 0 Å². The Labute approximate surface area is 132 Å². The molecular weight excluding hydrogens is 280 g/mol. The van der Waals surface area contributed by atoms with Gasteiger partial charge in [-0.3, -0.25) is 4.79 Å². The molecule has 124 valence electrons. The van der Waals surface area contributed by atoms with E-state index in [-0.39, 0.29) is 29.1 Å². The molecule has 0 aliphatic rings. The van der Waals surface area contributed by atoms with E-state index in [2.05, 4.69) is 54.3 Å². The minimum atomic E-state index is -1.83. The third-order valence-corrected chi connectivity index (χ3v) is 9.05. The molecule has 21 heavy (non-hydrogen) atoms. The van der Waals surface area contributed by atoms with Gasteiger partial charge in [0.15, 0.2) is 8.32 Å². The van der Waals surface area contributed by atoms with E-state index in [1.54, 1.807) is 13.0 Å². The molecule has 0 saturated carbocycles. The summed E-state index contributed by atoms with van der Waals surface area (Å²) in [6.07, 6.45) is 2.81. The molecule has 0 unspecified atom stereocenters. The fourth-order valence-corrected chi connectivity index (χ4v) is 3.43. The molecular formula is C17H34O3Si. The number of hydrogen-bond acceptors (Lipinski definition) is 3. The van der Waals surface area contributed by atoms with Crippen LogP contribution in [0, 0.1) is 5.92 Å². The molecule has 0 rings (SSSR count). The Kier molecular flexibility index (Phi) is 7.90. The maximum atomic E-state index is 11.5. The lowest BCUT2D eigenvalue weighted by atomic mass is 9.96. The Hall–Kier alpha value is -0.613. The lowest BCUT2D eigenvalue weighted by Gasteiger charge is -2.41. The van der Waals surface area contributed by atoms with Gasteiger partial charge in [0.2, 0.25) is 0 Å². The SMILES string of the molecule is C=C[C@H](OC(=O)CC)[C@H](C)[C@H](CC)O[Si](C)(C)C(C)(C)C. The van der Waals surface area contributed by atoms with E-state index in [9.17, 15) is 4.79 Å². The zero-order valence-corrected chi connectivity index (χ0v) is 16.2. The average molecular weight is 315 g/mol. The van der Waals surface area contributed by atoms with Crippen LogP contribution in [0.1, 0.15) is 54.4 Å². The van der Waals surface area contributed by atoms with E-state index in [1.165, 1.54) is 0 Å². The van der Waals surface area contributed by atoms with Crippen molar-refractivity contribution in [2.75, 3.05) is 0 Å². The summed E-state index contributed by atoms with van der Waals surface area (Å²) in [6.45, 7) is 21.0. The van der Waals surface area contributed by atoms with E-state index < -0.39 is 8.32 Å². The average Bonchev–Trinajstić information content (AvgIpc) is 2.39. The van der Waals surface area contributed by atoms with E-state index in [4.69, 9.17) is 9.16 Å². The Morgan fingerprint density at radius 1 is 1.29 bits per heavy atom. The zero-order chi connectivity index (χ0) is 16.8. The lowest BCUT2D eigenvalue weighted by molar-refractivity contribution is -0.150. The predicted octanol–water partition coefficient (Wildman–Crippen LogP) is 4.93. The second kappa shape index (κ2) is 8.13. The number of carbonyl (C=O) groups is 1. The minimum absolute atomic E-state index is 0.0820. The molecule has 4 heteroatoms. The van der Waals surface area contributed by atoms with Gasteiger partial charge in [-0.2, -0.15) is 0 Å². The van der Waals surface area contributed by atoms with Crippen LogP contribution in [-0.4, -0.2) is 26.5 Å². The van der Waals surface area contributed by atoms with E-state index in [1.807, 2.05) is 0 Å². The molecule has 0 amide bonds. The van der Waals surface area contributed by atoms with Gasteiger partial charge in [-0.25, -0.2) is 0 Å². The Balaban J connectivity index is 5.00. The molecule has 0 spiro atoms. The lowest BCUT2D eigenvalue weighted by Crippen LogP contribution is -2.47. The highest BCUT2D eigenvalue weighted by molar-refractivity contribution is 6.74. The highest BCUT2D eigenvalue weighted by Crippen LogP contribution is 2.39. The van der Waals surface area contributed by atoms with Crippen molar-refractivity contribution in [3.63, 3.8) is 0 Å². The highest BCUT2D eigenvalue weighted by atomic mass is 28.4. The number of esters is 1. The molecule has 0 bridgehead atoms. The van der Waals surface area contributed by atoms with Gasteiger partial charge in [0.1, 0.15) is 6.10 Å². The van der Waals surface area contributed by atoms with Gasteiger partial charge in [0.25, 0.3) is 0 Å². The summed E-state index contributed by atoms with van der Waals surface area (Å²) in [7, 11) is -1.83. The second-order valence-electron chi connectivity index (χ2n) is 7.23. The monoisotopic (exact) mass is 314 g/mol. The first-order valence-electron chi connectivity index (χ1n) is 8.00. The van der Waals surface area contributed by atoms with Crippen LogP contribution in [-0.2, 0) is 14.0 Å². The zero-order valence-electron chi connectivity index (χ0n) is 15.2. The summed E-state index contributed by atoms with van der Waals surface area (Å²) >= 11 is 0. The Morgan fingerprint density at radius 3 is 2.14 bits per heavy atom. The number of rotatable bonds is 8. The van der Waals surface area contributed by atoms with Gasteiger partial charge in [-0.1, -0.05) is 54.2 Å². The minimum Gasteiger partial charge on any atom is -0.458 e. The van der Waals surface area contributed by atoms with E-state index in [0.29, 0.717) is 6.42 Å². The summed E-state index contributed by atoms with van der Waals surface area (Å²) in [6, 6.07) is 0. The molecule has 0 aromatic heterocycles. The normalized spacial score (nSPS) is 17.0. The fraction of sp³-hybridized carbons (Fsp3) is 0.824. The third-order valence-electron chi connectivity index (χ3n) is 4.55. The third kappa shape index (κ3) is 5.95. The highest BCUT2D eigenvalue weighted by Gasteiger charge is 2.40. The summed E-state index contributed by atoms with van der Waals surface area (Å²) in [4.78, 5) is 11.5. The first-order valence-corrected chi connectivity index (χ1v) is 10.9. The molecule has 0 aliphatic heterocycles. The topological polar surface area (TPSA) is 35.5 Å². The summed E-state index contributed by atoms with van der Waals surface area (Å²) in [5.41, 5.74) is 0. The van der Waals surface area contributed by atoms with Crippen molar-refractivity contribution in [1.82, 2.24) is 0 Å². The molecule has 0 N–H and O–H groups in total. The molecule has 0 aromatic rings. The molecule has 3 nitrogen and oxygen atoms in total. The van der Waals surface area contributed by atoms with Crippen molar-refractivity contribution in [3.8, 4) is 0 Å². The van der Waals surface area contributed by atoms with Crippen molar-refractivity contribution in [2.24, 2.45) is 5.92 Å². The van der Waals surface area contributed by atoms with Crippen molar-refractivity contribution in [1.29, 1.82) is 0 Å². The maximum absolute atomic E-state index is 11.5. The number of ether oxygens (including phenoxy) is 1. The quantitative estimate of drug-likeness (QED) is 0.362. The van der Waals surface area contributed by atoms with Crippen molar-refractivity contribution >= 4 is 14.3 Å². The van der Waals surface area contributed by atoms with Crippen LogP contribution in [0.4, 0.5) is 0 Å². The van der Waals surface area contributed by atoms with Crippen LogP contribution in [0.15, 0.2) is 12.7 Å². The molecule has 0 aromatic carbocycles. The van der Waals surface area contributed by atoms with Crippen LogP contribution in [0.5, 0.6) is 0 Å². The molecule has 0 aliphatic carbocycles. The van der Waals surface area contributed by atoms with Crippen molar-refractivity contribution in [2.45, 2.75) is 84.7 Å². The molecule has 0 fully saturated rings. The van der Waals surface area contributed by atoms with Gasteiger partial charge in [-0.05, 0) is 24.6 Å². The van der Waals surface area contributed by atoms with Crippen molar-refractivity contribution < 1.29 is 14.0 Å². The Morgan fingerprint density at radius 2 is 1.81 bits per heavy atom.